The molecule has 0 saturated heterocycles. The summed E-state index contributed by atoms with van der Waals surface area (Å²) in [7, 11) is -33.5. The van der Waals surface area contributed by atoms with Gasteiger partial charge < -0.3 is 16.2 Å². The fraction of sp³-hybridized carbons (Fsp3) is 0.152. The van der Waals surface area contributed by atoms with Gasteiger partial charge in [-0.1, -0.05) is 5.04 Å². The van der Waals surface area contributed by atoms with Gasteiger partial charge in [0, 0.05) is 7.05 Å². The second kappa shape index (κ2) is 22.6. The molecule has 41 heteroatoms. The van der Waals surface area contributed by atoms with Crippen LogP contribution in [0.4, 0.5) is 45.5 Å². The van der Waals surface area contributed by atoms with Gasteiger partial charge in [0.25, 0.3) is 30.4 Å². The number of benzene rings is 5. The fourth-order valence-corrected chi connectivity index (χ4v) is 11.4. The van der Waals surface area contributed by atoms with Gasteiger partial charge in [0.2, 0.25) is 0 Å². The number of sulfone groups is 2. The molecule has 0 fully saturated rings. The molecule has 0 aliphatic heterocycles. The topological polar surface area (TPSA) is 530 Å². The minimum atomic E-state index is -5.37. The Morgan fingerprint density at radius 2 is 1.07 bits per heavy atom. The number of azo groups is 3. The van der Waals surface area contributed by atoms with E-state index in [1.165, 1.54) is 7.05 Å². The third-order valence-electron chi connectivity index (χ3n) is 9.09. The number of phenolic OH excluding ortho intramolecular Hbond substituents is 1. The molecule has 5 aromatic carbocycles. The number of fused-ring (bicyclic) bond motifs is 1. The van der Waals surface area contributed by atoms with E-state index in [1.54, 1.807) is 0 Å². The molecule has 402 valence electrons. The molecule has 0 aromatic heterocycles. The van der Waals surface area contributed by atoms with Crippen LogP contribution in [0.25, 0.3) is 10.8 Å². The van der Waals surface area contributed by atoms with Crippen molar-refractivity contribution in [3.05, 3.63) is 66.7 Å². The highest BCUT2D eigenvalue weighted by Gasteiger charge is 2.28. The number of nitrogens with zero attached hydrogens (tertiary/aromatic N) is 6. The van der Waals surface area contributed by atoms with Crippen molar-refractivity contribution in [1.82, 2.24) is 0 Å². The molecule has 0 saturated carbocycles. The summed E-state index contributed by atoms with van der Waals surface area (Å²) < 4.78 is 229. The maximum Gasteiger partial charge on any atom is 0.397 e. The van der Waals surface area contributed by atoms with Gasteiger partial charge in [0.1, 0.15) is 43.1 Å². The van der Waals surface area contributed by atoms with Gasteiger partial charge in [0.15, 0.2) is 25.4 Å². The third-order valence-corrected chi connectivity index (χ3v) is 16.6. The first-order chi connectivity index (χ1) is 34.1. The Balaban J connectivity index is 1.60. The minimum absolute atomic E-state index is 0.0773. The van der Waals surface area contributed by atoms with Crippen LogP contribution in [0.1, 0.15) is 0 Å². The molecule has 5 rings (SSSR count). The zero-order valence-corrected chi connectivity index (χ0v) is 42.7. The minimum Gasteiger partial charge on any atom is -0.505 e. The molecular weight excluding hydrogens is 1160 g/mol. The maximum absolute atomic E-state index is 12.7. The number of aromatic hydroxyl groups is 1. The van der Waals surface area contributed by atoms with Gasteiger partial charge in [-0.2, -0.15) is 47.2 Å². The first-order valence-corrected chi connectivity index (χ1v) is 29.9. The van der Waals surface area contributed by atoms with Crippen LogP contribution in [0.3, 0.4) is 0 Å². The summed E-state index contributed by atoms with van der Waals surface area (Å²) >= 11 is 0.0773. The zero-order chi connectivity index (χ0) is 55.4. The molecular formula is C33H32N8O25S8. The quantitative estimate of drug-likeness (QED) is 0.0106. The molecule has 0 spiro atoms. The Labute approximate surface area is 421 Å². The molecule has 0 atom stereocenters. The predicted octanol–water partition coefficient (Wildman–Crippen LogP) is 4.77. The smallest absolute Gasteiger partial charge is 0.397 e. The van der Waals surface area contributed by atoms with Crippen molar-refractivity contribution >= 4 is 139 Å². The number of nitrogens with one attached hydrogen (secondary N) is 1. The summed E-state index contributed by atoms with van der Waals surface area (Å²) in [4.78, 5) is -4.93. The van der Waals surface area contributed by atoms with E-state index in [0.717, 1.165) is 54.6 Å². The molecule has 0 aliphatic carbocycles. The summed E-state index contributed by atoms with van der Waals surface area (Å²) in [5.41, 5.74) is 1.56. The van der Waals surface area contributed by atoms with Gasteiger partial charge in [-0.05, 0) is 72.1 Å². The van der Waals surface area contributed by atoms with Crippen LogP contribution < -0.4 is 11.1 Å². The number of hydrogen-bond donors (Lipinski definition) is 9. The highest BCUT2D eigenvalue weighted by molar-refractivity contribution is 7.94. The van der Waals surface area contributed by atoms with Crippen LogP contribution in [0.2, 0.25) is 0 Å². The Morgan fingerprint density at radius 3 is 1.59 bits per heavy atom. The first kappa shape index (κ1) is 59.0. The van der Waals surface area contributed by atoms with Crippen molar-refractivity contribution in [3.8, 4) is 5.75 Å². The lowest BCUT2D eigenvalue weighted by molar-refractivity contribution is -0.432. The van der Waals surface area contributed by atoms with Crippen LogP contribution in [0.5, 0.6) is 5.75 Å². The van der Waals surface area contributed by atoms with E-state index < -0.39 is 165 Å². The molecule has 0 heterocycles. The lowest BCUT2D eigenvalue weighted by atomic mass is 10.1. The average Bonchev–Trinajstić information content (AvgIpc) is 3.27. The zero-order valence-electron chi connectivity index (χ0n) is 36.2. The van der Waals surface area contributed by atoms with Crippen molar-refractivity contribution in [2.24, 2.45) is 30.7 Å². The Hall–Kier alpha value is -5.84. The number of hydrogen-bond acceptors (Lipinski definition) is 29. The van der Waals surface area contributed by atoms with Gasteiger partial charge in [0.05, 0.1) is 73.9 Å². The molecule has 5 aromatic rings. The van der Waals surface area contributed by atoms with Crippen molar-refractivity contribution in [2.45, 2.75) is 29.4 Å². The fourth-order valence-electron chi connectivity index (χ4n) is 5.90. The van der Waals surface area contributed by atoms with Crippen LogP contribution in [-0.4, -0.2) is 124 Å². The van der Waals surface area contributed by atoms with E-state index in [4.69, 9.17) is 20.1 Å². The van der Waals surface area contributed by atoms with E-state index in [1.807, 2.05) is 0 Å². The Bertz CT molecular complexity index is 3950. The number of phenols is 1. The molecule has 0 amide bonds. The van der Waals surface area contributed by atoms with Gasteiger partial charge >= 0.3 is 20.8 Å². The molecule has 10 N–H and O–H groups in total. The molecule has 0 bridgehead atoms. The second-order valence-electron chi connectivity index (χ2n) is 13.9. The van der Waals surface area contributed by atoms with Crippen molar-refractivity contribution in [2.75, 3.05) is 42.8 Å². The predicted molar refractivity (Wildman–Crippen MR) is 251 cm³/mol. The summed E-state index contributed by atoms with van der Waals surface area (Å²) in [6.07, 6.45) is 0. The second-order valence-corrected chi connectivity index (χ2v) is 25.2. The summed E-state index contributed by atoms with van der Waals surface area (Å²) in [6.45, 7) is -2.04. The molecule has 74 heavy (non-hydrogen) atoms. The van der Waals surface area contributed by atoms with E-state index in [-0.39, 0.29) is 33.7 Å². The summed E-state index contributed by atoms with van der Waals surface area (Å²) in [5, 5.41) is 48.5. The van der Waals surface area contributed by atoms with Crippen molar-refractivity contribution < 1.29 is 110 Å². The lowest BCUT2D eigenvalue weighted by Crippen LogP contribution is -2.16. The van der Waals surface area contributed by atoms with Gasteiger partial charge in [-0.15, -0.1) is 29.9 Å². The Kier molecular flexibility index (Phi) is 18.0. The SMILES string of the molecule is CNc1cc(N=Nc2c(SOOO)cc3cc(S(=O)(=O)O)c(N=Nc4ccc(S(=O)(=O)CCOS(=O)(=O)O)cc4)c(N)c3c2O)c(S(=O)(=O)O)cc1N=Nc1ccc(S(=O)(=O)CCOS(=O)(=O)O)cc1S(=O)(=O)O. The monoisotopic (exact) mass is 1200 g/mol. The van der Waals surface area contributed by atoms with Gasteiger partial charge in [-0.25, -0.2) is 30.5 Å². The van der Waals surface area contributed by atoms with E-state index >= 15 is 0 Å². The molecule has 0 unspecified atom stereocenters. The van der Waals surface area contributed by atoms with E-state index in [9.17, 15) is 77.7 Å². The third kappa shape index (κ3) is 15.2. The molecule has 33 nitrogen and oxygen atoms in total. The summed E-state index contributed by atoms with van der Waals surface area (Å²) in [6, 6.07) is 9.16. The normalized spacial score (nSPS) is 13.4. The van der Waals surface area contributed by atoms with Crippen molar-refractivity contribution in [1.29, 1.82) is 0 Å². The average molecular weight is 1200 g/mol. The highest BCUT2D eigenvalue weighted by atomic mass is 32.3. The number of rotatable bonds is 23. The van der Waals surface area contributed by atoms with Crippen LogP contribution >= 0.6 is 12.0 Å². The maximum atomic E-state index is 12.7. The summed E-state index contributed by atoms with van der Waals surface area (Å²) in [5.74, 6) is -3.02. The molecule has 0 aliphatic rings. The number of nitrogens with two attached hydrogens (primary N) is 1. The first-order valence-electron chi connectivity index (χ1n) is 18.8. The number of nitrogen functional groups attached to an aromatic ring is 1. The Morgan fingerprint density at radius 1 is 0.568 bits per heavy atom. The van der Waals surface area contributed by atoms with E-state index in [2.05, 4.69) is 53.7 Å². The standard InChI is InChI=1S/C33H32N8O25S8/c1-35-22-15-24(27(71(51,52)53)16-23(22)38-37-21-7-6-20(14-26(21)70(48,49)50)69(46,47)11-9-64-74(60,61)62)39-40-31-25(67-66-65-43)12-17-13-28(72(54,55)56)32(30(34)29(17)33(31)42)41-36-18-2-4-19(5-3-18)68(44,45)10-8-63-73(57,58)59/h2-7,12-16,35,42-43H,8-11,34H2,1H3,(H,48,49,50)(H,51,52,53)(H,54,55,56)(H,57,58,59)(H,60,61,62). The highest BCUT2D eigenvalue weighted by Crippen LogP contribution is 2.50. The largest absolute Gasteiger partial charge is 0.505 e. The van der Waals surface area contributed by atoms with Crippen LogP contribution in [0, 0.1) is 0 Å². The van der Waals surface area contributed by atoms with Gasteiger partial charge in [-0.3, -0.25) is 22.8 Å². The van der Waals surface area contributed by atoms with Crippen molar-refractivity contribution in [3.63, 3.8) is 0 Å². The van der Waals surface area contributed by atoms with Crippen LogP contribution in [0.15, 0.2) is 127 Å². The molecule has 0 radical (unpaired) electrons. The van der Waals surface area contributed by atoms with Crippen LogP contribution in [-0.2, 0) is 88.6 Å². The number of anilines is 2. The van der Waals surface area contributed by atoms with E-state index in [0.29, 0.717) is 12.1 Å². The lowest BCUT2D eigenvalue weighted by Gasteiger charge is -2.14.